The van der Waals surface area contributed by atoms with Crippen LogP contribution in [0.5, 0.6) is 0 Å². The molecule has 5 N–H and O–H groups in total. The Hall–Kier alpha value is -4.24. The smallest absolute Gasteiger partial charge is 0.335 e. The van der Waals surface area contributed by atoms with Gasteiger partial charge >= 0.3 is 5.97 Å². The van der Waals surface area contributed by atoms with Crippen LogP contribution in [0.3, 0.4) is 0 Å². The van der Waals surface area contributed by atoms with E-state index in [1.165, 1.54) is 24.3 Å². The Morgan fingerprint density at radius 2 is 1.66 bits per heavy atom. The van der Waals surface area contributed by atoms with Gasteiger partial charge in [0, 0.05) is 17.4 Å². The van der Waals surface area contributed by atoms with Gasteiger partial charge in [0.05, 0.1) is 22.6 Å². The minimum atomic E-state index is -1.06. The Morgan fingerprint density at radius 1 is 0.914 bits per heavy atom. The third-order valence-corrected chi connectivity index (χ3v) is 5.95. The molecule has 35 heavy (non-hydrogen) atoms. The van der Waals surface area contributed by atoms with Gasteiger partial charge in [-0.2, -0.15) is 0 Å². The first-order valence-electron chi connectivity index (χ1n) is 11.4. The number of nitrogens with one attached hydrogen (secondary N) is 3. The molecule has 2 amide bonds. The molecule has 0 radical (unpaired) electrons. The van der Waals surface area contributed by atoms with E-state index < -0.39 is 17.9 Å². The van der Waals surface area contributed by atoms with Gasteiger partial charge in [0.15, 0.2) is 0 Å². The van der Waals surface area contributed by atoms with E-state index in [-0.39, 0.29) is 17.9 Å². The number of fused-ring (bicyclic) bond motifs is 3. The summed E-state index contributed by atoms with van der Waals surface area (Å²) in [5, 5.41) is 22.8. The van der Waals surface area contributed by atoms with Gasteiger partial charge in [0.1, 0.15) is 5.82 Å². The van der Waals surface area contributed by atoms with E-state index in [9.17, 15) is 14.4 Å². The van der Waals surface area contributed by atoms with Gasteiger partial charge in [0.2, 0.25) is 5.91 Å². The lowest BCUT2D eigenvalue weighted by Crippen LogP contribution is -2.29. The van der Waals surface area contributed by atoms with E-state index in [0.29, 0.717) is 24.2 Å². The molecule has 0 aliphatic carbocycles. The number of aromatic amines is 1. The summed E-state index contributed by atoms with van der Waals surface area (Å²) in [5.74, 6) is -1.19. The first kappa shape index (κ1) is 23.9. The molecular weight excluding hydrogens is 448 g/mol. The highest BCUT2D eigenvalue weighted by Crippen LogP contribution is 2.27. The van der Waals surface area contributed by atoms with Gasteiger partial charge in [0.25, 0.3) is 5.91 Å². The molecule has 1 aromatic heterocycles. The van der Waals surface area contributed by atoms with Crippen LogP contribution in [0.25, 0.3) is 21.8 Å². The number of rotatable bonds is 10. The molecule has 0 spiro atoms. The third kappa shape index (κ3) is 5.64. The van der Waals surface area contributed by atoms with Crippen LogP contribution in [-0.2, 0) is 4.79 Å². The normalized spacial score (nSPS) is 11.9. The van der Waals surface area contributed by atoms with Crippen molar-refractivity contribution in [2.24, 2.45) is 0 Å². The molecule has 0 aliphatic rings. The zero-order valence-electron chi connectivity index (χ0n) is 19.0. The predicted octanol–water partition coefficient (Wildman–Crippen LogP) is 4.34. The second-order valence-corrected chi connectivity index (χ2v) is 8.35. The van der Waals surface area contributed by atoms with Crippen LogP contribution >= 0.6 is 0 Å². The number of nitrogens with zero attached hydrogens (tertiary/aromatic N) is 1. The van der Waals surface area contributed by atoms with Crippen molar-refractivity contribution in [3.8, 4) is 0 Å². The molecule has 0 fully saturated rings. The number of aromatic nitrogens is 2. The highest BCUT2D eigenvalue weighted by molar-refractivity contribution is 6.04. The molecule has 180 valence electrons. The summed E-state index contributed by atoms with van der Waals surface area (Å²) in [7, 11) is 0. The van der Waals surface area contributed by atoms with Crippen molar-refractivity contribution in [1.82, 2.24) is 20.8 Å². The van der Waals surface area contributed by atoms with Crippen molar-refractivity contribution in [3.05, 3.63) is 77.6 Å². The number of imidazole rings is 1. The van der Waals surface area contributed by atoms with Gasteiger partial charge in [-0.05, 0) is 48.6 Å². The molecule has 0 saturated carbocycles. The van der Waals surface area contributed by atoms with Crippen LogP contribution in [0, 0.1) is 0 Å². The highest BCUT2D eigenvalue weighted by Gasteiger charge is 2.20. The lowest BCUT2D eigenvalue weighted by atomic mass is 10.1. The average molecular weight is 475 g/mol. The Labute approximate surface area is 201 Å². The van der Waals surface area contributed by atoms with Crippen molar-refractivity contribution < 1.29 is 24.7 Å². The molecule has 0 saturated heterocycles. The Morgan fingerprint density at radius 3 is 2.40 bits per heavy atom. The largest absolute Gasteiger partial charge is 0.478 e. The first-order chi connectivity index (χ1) is 17.0. The maximum atomic E-state index is 13.0. The van der Waals surface area contributed by atoms with Crippen molar-refractivity contribution >= 4 is 39.6 Å². The number of carboxylic acid groups (broad SMARTS) is 1. The van der Waals surface area contributed by atoms with Crippen LogP contribution in [0.1, 0.15) is 64.7 Å². The highest BCUT2D eigenvalue weighted by atomic mass is 16.5. The molecule has 4 aromatic rings. The molecule has 4 rings (SSSR count). The number of carboxylic acids is 1. The lowest BCUT2D eigenvalue weighted by molar-refractivity contribution is -0.129. The summed E-state index contributed by atoms with van der Waals surface area (Å²) in [5.41, 5.74) is 3.77. The third-order valence-electron chi connectivity index (χ3n) is 5.95. The van der Waals surface area contributed by atoms with Crippen LogP contribution in [0.2, 0.25) is 0 Å². The van der Waals surface area contributed by atoms with Crippen molar-refractivity contribution in [2.75, 3.05) is 0 Å². The van der Waals surface area contributed by atoms with E-state index in [1.54, 1.807) is 5.48 Å². The number of aromatic carboxylic acids is 1. The summed E-state index contributed by atoms with van der Waals surface area (Å²) in [6.07, 6.45) is 2.86. The van der Waals surface area contributed by atoms with E-state index in [1.807, 2.05) is 36.4 Å². The lowest BCUT2D eigenvalue weighted by Gasteiger charge is -2.17. The van der Waals surface area contributed by atoms with Gasteiger partial charge in [-0.3, -0.25) is 14.8 Å². The van der Waals surface area contributed by atoms with Crippen LogP contribution in [0.4, 0.5) is 0 Å². The maximum Gasteiger partial charge on any atom is 0.335 e. The minimum Gasteiger partial charge on any atom is -0.478 e. The van der Waals surface area contributed by atoms with E-state index >= 15 is 0 Å². The van der Waals surface area contributed by atoms with Crippen molar-refractivity contribution in [1.29, 1.82) is 0 Å². The predicted molar refractivity (Wildman–Crippen MR) is 130 cm³/mol. The summed E-state index contributed by atoms with van der Waals surface area (Å²) in [6, 6.07) is 17.3. The van der Waals surface area contributed by atoms with E-state index in [4.69, 9.17) is 15.3 Å². The van der Waals surface area contributed by atoms with Crippen LogP contribution in [0.15, 0.2) is 60.7 Å². The number of hydroxylamine groups is 1. The fourth-order valence-corrected chi connectivity index (χ4v) is 4.08. The summed E-state index contributed by atoms with van der Waals surface area (Å²) in [6.45, 7) is 0. The van der Waals surface area contributed by atoms with E-state index in [2.05, 4.69) is 10.3 Å². The van der Waals surface area contributed by atoms with Crippen molar-refractivity contribution in [3.63, 3.8) is 0 Å². The molecule has 9 heteroatoms. The fraction of sp³-hybridized carbons (Fsp3) is 0.231. The number of carbonyl (C=O) groups excluding carboxylic acids is 2. The Kier molecular flexibility index (Phi) is 7.37. The monoisotopic (exact) mass is 474 g/mol. The zero-order valence-corrected chi connectivity index (χ0v) is 19.0. The number of carbonyl (C=O) groups is 3. The first-order valence-corrected chi connectivity index (χ1v) is 11.4. The summed E-state index contributed by atoms with van der Waals surface area (Å²) < 4.78 is 0. The van der Waals surface area contributed by atoms with Gasteiger partial charge in [-0.1, -0.05) is 43.2 Å². The molecule has 9 nitrogen and oxygen atoms in total. The Balaban J connectivity index is 1.56. The maximum absolute atomic E-state index is 13.0. The summed E-state index contributed by atoms with van der Waals surface area (Å²) in [4.78, 5) is 43.5. The quantitative estimate of drug-likeness (QED) is 0.131. The number of benzene rings is 3. The Bertz CT molecular complexity index is 1360. The second kappa shape index (κ2) is 10.8. The second-order valence-electron chi connectivity index (χ2n) is 8.35. The number of hydrogen-bond acceptors (Lipinski definition) is 5. The average Bonchev–Trinajstić information content (AvgIpc) is 3.32. The molecule has 3 aromatic carbocycles. The number of H-pyrrole nitrogens is 1. The minimum absolute atomic E-state index is 0.106. The molecule has 0 unspecified atom stereocenters. The number of hydrogen-bond donors (Lipinski definition) is 5. The summed E-state index contributed by atoms with van der Waals surface area (Å²) >= 11 is 0. The molecule has 0 aliphatic heterocycles. The van der Waals surface area contributed by atoms with Gasteiger partial charge in [-0.15, -0.1) is 0 Å². The molecule has 0 bridgehead atoms. The molecule has 1 heterocycles. The van der Waals surface area contributed by atoms with Crippen LogP contribution in [-0.4, -0.2) is 38.1 Å². The van der Waals surface area contributed by atoms with Crippen LogP contribution < -0.4 is 10.8 Å². The topological polar surface area (TPSA) is 144 Å². The number of unbranched alkanes of at least 4 members (excludes halogenated alkanes) is 2. The van der Waals surface area contributed by atoms with Gasteiger partial charge in [-0.25, -0.2) is 15.3 Å². The molecular formula is C26H26N4O5. The van der Waals surface area contributed by atoms with Gasteiger partial charge < -0.3 is 15.4 Å². The van der Waals surface area contributed by atoms with E-state index in [0.717, 1.165) is 34.6 Å². The standard InChI is InChI=1S/C26H26N4O5/c31-22(30-35)9-3-1-2-8-21(28-25(32)17-10-12-18(13-11-17)26(33)34)24-27-20-15-14-16-6-4-5-7-19(16)23(20)29-24/h4-7,10-15,21,35H,1-3,8-9H2,(H,27,29)(H,28,32)(H,30,31)(H,33,34)/t21-/m0/s1. The zero-order chi connectivity index (χ0) is 24.8. The fourth-order valence-electron chi connectivity index (χ4n) is 4.08. The SMILES string of the molecule is O=C(CCCCC[C@H](NC(=O)c1ccc(C(=O)O)cc1)c1nc2c(ccc3ccccc32)[nH]1)NO. The molecule has 1 atom stereocenters. The van der Waals surface area contributed by atoms with Crippen molar-refractivity contribution in [2.45, 2.75) is 38.1 Å². The number of amides is 2.